The summed E-state index contributed by atoms with van der Waals surface area (Å²) in [7, 11) is -1.59. The van der Waals surface area contributed by atoms with Gasteiger partial charge in [0.1, 0.15) is 0 Å². The lowest BCUT2D eigenvalue weighted by molar-refractivity contribution is 0.408. The van der Waals surface area contributed by atoms with Crippen LogP contribution in [0.15, 0.2) is 0 Å². The Labute approximate surface area is 42.4 Å². The van der Waals surface area contributed by atoms with E-state index >= 15 is 0 Å². The topological polar surface area (TPSA) is 50.1 Å². The molecule has 4 heteroatoms. The number of hydrogen-bond donors (Lipinski definition) is 0. The average Bonchev–Trinajstić information content (AvgIpc) is 1.68. The van der Waals surface area contributed by atoms with E-state index in [0.717, 1.165) is 0 Å². The van der Waals surface area contributed by atoms with E-state index in [2.05, 4.69) is 4.52 Å². The molecule has 1 atom stereocenters. The van der Waals surface area contributed by atoms with Gasteiger partial charge in [0.05, 0.1) is 0 Å². The summed E-state index contributed by atoms with van der Waals surface area (Å²) in [5.74, 6) is 1.52. The van der Waals surface area contributed by atoms with Crippen molar-refractivity contribution in [3.05, 3.63) is 0 Å². The fraction of sp³-hybridized carbons (Fsp3) is 0.667. The minimum Gasteiger partial charge on any atom is -0.322 e. The van der Waals surface area contributed by atoms with Crippen molar-refractivity contribution in [1.82, 2.24) is 0 Å². The second-order valence-electron chi connectivity index (χ2n) is 1.13. The van der Waals surface area contributed by atoms with Crippen molar-refractivity contribution < 1.29 is 9.09 Å². The summed E-state index contributed by atoms with van der Waals surface area (Å²) in [4.78, 5) is 0. The fourth-order valence-corrected chi connectivity index (χ4v) is 0.122. The summed E-state index contributed by atoms with van der Waals surface area (Å²) in [6.45, 7) is 1.27. The molecule has 0 fully saturated rings. The van der Waals surface area contributed by atoms with Crippen molar-refractivity contribution in [3.63, 3.8) is 0 Å². The third kappa shape index (κ3) is 2.38. The molecule has 0 N–H and O–H groups in total. The molecule has 0 aliphatic heterocycles. The lowest BCUT2D eigenvalue weighted by Crippen LogP contribution is -1.73. The summed E-state index contributed by atoms with van der Waals surface area (Å²) < 4.78 is 14.6. The molecule has 0 aliphatic rings. The molecule has 0 aromatic rings. The first-order valence-corrected chi connectivity index (χ1v) is 3.74. The SMILES string of the molecule is COP(C)(=O)C#N. The van der Waals surface area contributed by atoms with Gasteiger partial charge in [0, 0.05) is 13.8 Å². The normalized spacial score (nSPS) is 17.3. The number of nitriles is 1. The van der Waals surface area contributed by atoms with Gasteiger partial charge in [-0.25, -0.2) is 0 Å². The van der Waals surface area contributed by atoms with E-state index in [1.165, 1.54) is 19.6 Å². The van der Waals surface area contributed by atoms with Crippen LogP contribution in [-0.4, -0.2) is 13.8 Å². The molecule has 0 aromatic heterocycles. The maximum absolute atomic E-state index is 10.4. The predicted molar refractivity (Wildman–Crippen MR) is 26.2 cm³/mol. The monoisotopic (exact) mass is 119 g/mol. The second kappa shape index (κ2) is 2.11. The second-order valence-corrected chi connectivity index (χ2v) is 3.39. The largest absolute Gasteiger partial charge is 0.322 e. The molecular formula is C3H6NO2P. The molecule has 7 heavy (non-hydrogen) atoms. The smallest absolute Gasteiger partial charge is 0.296 e. The minimum absolute atomic E-state index is 1.25. The van der Waals surface area contributed by atoms with Gasteiger partial charge in [-0.15, -0.1) is 0 Å². The molecule has 0 rings (SSSR count). The molecule has 40 valence electrons. The van der Waals surface area contributed by atoms with Crippen LogP contribution in [0.1, 0.15) is 0 Å². The highest BCUT2D eigenvalue weighted by Crippen LogP contribution is 2.38. The van der Waals surface area contributed by atoms with Gasteiger partial charge in [-0.2, -0.15) is 5.26 Å². The van der Waals surface area contributed by atoms with Gasteiger partial charge in [0.15, 0.2) is 5.81 Å². The van der Waals surface area contributed by atoms with E-state index in [4.69, 9.17) is 5.26 Å². The molecule has 0 spiro atoms. The Morgan fingerprint density at radius 1 is 1.86 bits per heavy atom. The Balaban J connectivity index is 3.94. The number of rotatable bonds is 1. The Bertz CT molecular complexity index is 136. The Morgan fingerprint density at radius 2 is 2.29 bits per heavy atom. The quantitative estimate of drug-likeness (QED) is 0.484. The van der Waals surface area contributed by atoms with Gasteiger partial charge in [0.2, 0.25) is 0 Å². The van der Waals surface area contributed by atoms with Gasteiger partial charge < -0.3 is 4.52 Å². The van der Waals surface area contributed by atoms with Crippen LogP contribution in [0.2, 0.25) is 0 Å². The van der Waals surface area contributed by atoms with Crippen molar-refractivity contribution in [1.29, 1.82) is 5.26 Å². The Kier molecular flexibility index (Phi) is 2.01. The van der Waals surface area contributed by atoms with Crippen LogP contribution in [0.5, 0.6) is 0 Å². The van der Waals surface area contributed by atoms with Crippen LogP contribution in [0, 0.1) is 11.1 Å². The summed E-state index contributed by atoms with van der Waals surface area (Å²) in [5.41, 5.74) is 0. The van der Waals surface area contributed by atoms with Gasteiger partial charge in [-0.3, -0.25) is 4.57 Å². The van der Waals surface area contributed by atoms with E-state index in [1.807, 2.05) is 0 Å². The maximum Gasteiger partial charge on any atom is 0.296 e. The zero-order valence-electron chi connectivity index (χ0n) is 4.21. The number of nitrogens with zero attached hydrogens (tertiary/aromatic N) is 1. The summed E-state index contributed by atoms with van der Waals surface area (Å²) in [6.07, 6.45) is 0. The van der Waals surface area contributed by atoms with Crippen LogP contribution in [0.25, 0.3) is 0 Å². The van der Waals surface area contributed by atoms with Crippen LogP contribution < -0.4 is 0 Å². The first-order chi connectivity index (χ1) is 3.12. The first kappa shape index (κ1) is 6.68. The van der Waals surface area contributed by atoms with Crippen molar-refractivity contribution in [2.45, 2.75) is 0 Å². The third-order valence-electron chi connectivity index (χ3n) is 0.530. The Morgan fingerprint density at radius 3 is 2.29 bits per heavy atom. The van der Waals surface area contributed by atoms with E-state index in [-0.39, 0.29) is 0 Å². The summed E-state index contributed by atoms with van der Waals surface area (Å²) in [5, 5.41) is 7.96. The van der Waals surface area contributed by atoms with Crippen LogP contribution >= 0.6 is 7.37 Å². The molecule has 0 aromatic carbocycles. The van der Waals surface area contributed by atoms with Gasteiger partial charge >= 0.3 is 0 Å². The standard InChI is InChI=1S/C3H6NO2P/c1-6-7(2,5)3-4/h1-2H3. The molecule has 0 aliphatic carbocycles. The molecule has 0 heterocycles. The fourth-order valence-electron chi connectivity index (χ4n) is 0.0408. The predicted octanol–water partition coefficient (Wildman–Crippen LogP) is 1.02. The molecular weight excluding hydrogens is 113 g/mol. The van der Waals surface area contributed by atoms with Crippen molar-refractivity contribution in [2.24, 2.45) is 0 Å². The lowest BCUT2D eigenvalue weighted by atomic mass is 11.8. The lowest BCUT2D eigenvalue weighted by Gasteiger charge is -1.94. The molecule has 3 nitrogen and oxygen atoms in total. The minimum atomic E-state index is -2.85. The van der Waals surface area contributed by atoms with Crippen LogP contribution in [0.4, 0.5) is 0 Å². The Hall–Kier alpha value is -0.320. The molecule has 0 saturated carbocycles. The third-order valence-corrected chi connectivity index (χ3v) is 1.59. The van der Waals surface area contributed by atoms with Gasteiger partial charge in [-0.05, 0) is 0 Å². The number of hydrogen-bond acceptors (Lipinski definition) is 3. The average molecular weight is 119 g/mol. The van der Waals surface area contributed by atoms with Gasteiger partial charge in [-0.1, -0.05) is 0 Å². The maximum atomic E-state index is 10.4. The zero-order valence-corrected chi connectivity index (χ0v) is 5.11. The van der Waals surface area contributed by atoms with Crippen molar-refractivity contribution >= 4 is 7.37 Å². The molecule has 0 radical (unpaired) electrons. The van der Waals surface area contributed by atoms with Crippen molar-refractivity contribution in [3.8, 4) is 5.81 Å². The zero-order chi connectivity index (χ0) is 5.91. The van der Waals surface area contributed by atoms with Crippen molar-refractivity contribution in [2.75, 3.05) is 13.8 Å². The summed E-state index contributed by atoms with van der Waals surface area (Å²) in [6, 6.07) is 0. The van der Waals surface area contributed by atoms with E-state index < -0.39 is 7.37 Å². The molecule has 1 unspecified atom stereocenters. The highest BCUT2D eigenvalue weighted by molar-refractivity contribution is 7.63. The van der Waals surface area contributed by atoms with E-state index in [0.29, 0.717) is 0 Å². The molecule has 0 bridgehead atoms. The van der Waals surface area contributed by atoms with Gasteiger partial charge in [0.25, 0.3) is 7.37 Å². The first-order valence-electron chi connectivity index (χ1n) is 1.67. The highest BCUT2D eigenvalue weighted by atomic mass is 31.2. The molecule has 0 amide bonds. The van der Waals surface area contributed by atoms with Crippen LogP contribution in [-0.2, 0) is 9.09 Å². The molecule has 0 saturated heterocycles. The summed E-state index contributed by atoms with van der Waals surface area (Å²) >= 11 is 0. The van der Waals surface area contributed by atoms with E-state index in [9.17, 15) is 4.57 Å². The highest BCUT2D eigenvalue weighted by Gasteiger charge is 2.08. The van der Waals surface area contributed by atoms with E-state index in [1.54, 1.807) is 0 Å². The van der Waals surface area contributed by atoms with Crippen LogP contribution in [0.3, 0.4) is 0 Å².